The van der Waals surface area contributed by atoms with Crippen molar-refractivity contribution in [2.45, 2.75) is 26.2 Å². The molecule has 5 nitrogen and oxygen atoms in total. The first kappa shape index (κ1) is 11.9. The highest BCUT2D eigenvalue weighted by molar-refractivity contribution is 7.54. The number of ketones is 1. The van der Waals surface area contributed by atoms with Gasteiger partial charge in [-0.1, -0.05) is 0 Å². The van der Waals surface area contributed by atoms with E-state index >= 15 is 0 Å². The molecule has 1 saturated heterocycles. The molecule has 1 aliphatic rings. The Kier molecular flexibility index (Phi) is 4.75. The fourth-order valence-electron chi connectivity index (χ4n) is 1.20. The molecule has 1 rings (SSSR count). The number of hydrogen-bond donors (Lipinski definition) is 2. The van der Waals surface area contributed by atoms with Gasteiger partial charge in [0.05, 0.1) is 6.61 Å². The van der Waals surface area contributed by atoms with Gasteiger partial charge >= 0.3 is 7.67 Å². The largest absolute Gasteiger partial charge is 0.340 e. The Morgan fingerprint density at radius 2 is 2.43 bits per heavy atom. The fraction of sp³-hybridized carbons (Fsp3) is 0.875. The summed E-state index contributed by atoms with van der Waals surface area (Å²) < 4.78 is 16.9. The highest BCUT2D eigenvalue weighted by atomic mass is 31.2. The summed E-state index contributed by atoms with van der Waals surface area (Å²) in [5.41, 5.74) is 0. The highest BCUT2D eigenvalue weighted by Crippen LogP contribution is 2.39. The summed E-state index contributed by atoms with van der Waals surface area (Å²) >= 11 is 0. The molecular weight excluding hydrogens is 203 g/mol. The zero-order chi connectivity index (χ0) is 10.4. The molecule has 2 N–H and O–H groups in total. The monoisotopic (exact) mass is 220 g/mol. The maximum Gasteiger partial charge on any atom is 0.340 e. The Morgan fingerprint density at radius 1 is 1.64 bits per heavy atom. The molecule has 0 amide bonds. The number of Topliss-reactive ketones (excluding diaryl/α,β-unsaturated/α-hetero) is 1. The standard InChI is InChI=1S/C8H17N2O3P/c1-8(11)4-2-5-9-14(12)10-6-3-7-13-14/h2-7H2,1H3,(H2,9,10,12). The first-order valence-electron chi connectivity index (χ1n) is 4.87. The van der Waals surface area contributed by atoms with Gasteiger partial charge in [-0.25, -0.2) is 10.2 Å². The molecule has 1 unspecified atom stereocenters. The van der Waals surface area contributed by atoms with Crippen LogP contribution in [-0.4, -0.2) is 25.5 Å². The van der Waals surface area contributed by atoms with Gasteiger partial charge < -0.3 is 9.32 Å². The zero-order valence-electron chi connectivity index (χ0n) is 8.41. The molecule has 1 aliphatic heterocycles. The van der Waals surface area contributed by atoms with Crippen LogP contribution in [-0.2, 0) is 13.9 Å². The van der Waals surface area contributed by atoms with E-state index in [1.807, 2.05) is 0 Å². The Labute approximate surface area is 84.2 Å². The minimum absolute atomic E-state index is 0.155. The highest BCUT2D eigenvalue weighted by Gasteiger charge is 2.24. The van der Waals surface area contributed by atoms with Crippen LogP contribution in [0.5, 0.6) is 0 Å². The van der Waals surface area contributed by atoms with Gasteiger partial charge in [-0.3, -0.25) is 4.57 Å². The van der Waals surface area contributed by atoms with Gasteiger partial charge in [-0.05, 0) is 19.8 Å². The van der Waals surface area contributed by atoms with Crippen molar-refractivity contribution in [2.24, 2.45) is 0 Å². The molecule has 0 saturated carbocycles. The zero-order valence-corrected chi connectivity index (χ0v) is 9.31. The number of rotatable bonds is 5. The van der Waals surface area contributed by atoms with Gasteiger partial charge in [-0.2, -0.15) is 0 Å². The maximum atomic E-state index is 11.7. The second-order valence-electron chi connectivity index (χ2n) is 3.36. The topological polar surface area (TPSA) is 67.4 Å². The Bertz CT molecular complexity index is 235. The van der Waals surface area contributed by atoms with Gasteiger partial charge in [0, 0.05) is 19.5 Å². The molecule has 1 atom stereocenters. The van der Waals surface area contributed by atoms with Crippen LogP contribution in [0.3, 0.4) is 0 Å². The summed E-state index contributed by atoms with van der Waals surface area (Å²) in [6, 6.07) is 0. The lowest BCUT2D eigenvalue weighted by atomic mass is 10.2. The molecule has 82 valence electrons. The summed E-state index contributed by atoms with van der Waals surface area (Å²) in [6.07, 6.45) is 2.11. The van der Waals surface area contributed by atoms with Crippen LogP contribution >= 0.6 is 7.67 Å². The molecule has 0 radical (unpaired) electrons. The maximum absolute atomic E-state index is 11.7. The predicted molar refractivity (Wildman–Crippen MR) is 54.1 cm³/mol. The molecule has 0 aromatic heterocycles. The Morgan fingerprint density at radius 3 is 3.00 bits per heavy atom. The van der Waals surface area contributed by atoms with Crippen molar-refractivity contribution in [1.29, 1.82) is 0 Å². The van der Waals surface area contributed by atoms with E-state index in [1.165, 1.54) is 0 Å². The third kappa shape index (κ3) is 4.33. The fourth-order valence-corrected chi connectivity index (χ4v) is 2.79. The molecule has 0 bridgehead atoms. The molecule has 1 fully saturated rings. The Balaban J connectivity index is 2.16. The van der Waals surface area contributed by atoms with Crippen LogP contribution in [0.1, 0.15) is 26.2 Å². The van der Waals surface area contributed by atoms with Gasteiger partial charge in [0.25, 0.3) is 0 Å². The summed E-state index contributed by atoms with van der Waals surface area (Å²) in [4.78, 5) is 10.6. The van der Waals surface area contributed by atoms with Gasteiger partial charge in [0.1, 0.15) is 5.78 Å². The number of carbonyl (C=O) groups is 1. The lowest BCUT2D eigenvalue weighted by Crippen LogP contribution is -2.30. The number of nitrogens with one attached hydrogen (secondary N) is 2. The first-order chi connectivity index (χ1) is 6.62. The molecule has 6 heteroatoms. The lowest BCUT2D eigenvalue weighted by molar-refractivity contribution is -0.117. The van der Waals surface area contributed by atoms with E-state index in [0.29, 0.717) is 26.0 Å². The summed E-state index contributed by atoms with van der Waals surface area (Å²) in [5, 5.41) is 5.64. The molecule has 0 aliphatic carbocycles. The minimum Gasteiger partial charge on any atom is -0.306 e. The summed E-state index contributed by atoms with van der Waals surface area (Å²) in [7, 11) is -2.78. The second kappa shape index (κ2) is 5.61. The molecule has 0 aromatic carbocycles. The van der Waals surface area contributed by atoms with Crippen molar-refractivity contribution in [2.75, 3.05) is 19.7 Å². The molecular formula is C8H17N2O3P. The first-order valence-corrected chi connectivity index (χ1v) is 6.49. The van der Waals surface area contributed by atoms with E-state index in [-0.39, 0.29) is 5.78 Å². The van der Waals surface area contributed by atoms with Crippen molar-refractivity contribution >= 4 is 13.5 Å². The average molecular weight is 220 g/mol. The molecule has 0 aromatic rings. The van der Waals surface area contributed by atoms with E-state index in [4.69, 9.17) is 4.52 Å². The number of carbonyl (C=O) groups excluding carboxylic acids is 1. The van der Waals surface area contributed by atoms with Crippen LogP contribution in [0.25, 0.3) is 0 Å². The van der Waals surface area contributed by atoms with Crippen LogP contribution in [0.15, 0.2) is 0 Å². The Hall–Kier alpha value is -0.220. The van der Waals surface area contributed by atoms with E-state index in [1.54, 1.807) is 6.92 Å². The predicted octanol–water partition coefficient (Wildman–Crippen LogP) is 1.06. The van der Waals surface area contributed by atoms with E-state index in [0.717, 1.165) is 13.0 Å². The third-order valence-corrected chi connectivity index (χ3v) is 3.77. The van der Waals surface area contributed by atoms with E-state index < -0.39 is 7.67 Å². The van der Waals surface area contributed by atoms with E-state index in [9.17, 15) is 9.36 Å². The number of hydrogen-bond acceptors (Lipinski definition) is 3. The summed E-state index contributed by atoms with van der Waals surface area (Å²) in [5.74, 6) is 0.155. The SMILES string of the molecule is CC(=O)CCCNP1(=O)NCCCO1. The van der Waals surface area contributed by atoms with Crippen molar-refractivity contribution in [3.63, 3.8) is 0 Å². The second-order valence-corrected chi connectivity index (χ2v) is 5.35. The van der Waals surface area contributed by atoms with Crippen molar-refractivity contribution in [1.82, 2.24) is 10.2 Å². The quantitative estimate of drug-likeness (QED) is 0.535. The van der Waals surface area contributed by atoms with Crippen LogP contribution < -0.4 is 10.2 Å². The van der Waals surface area contributed by atoms with Gasteiger partial charge in [-0.15, -0.1) is 0 Å². The molecule has 0 spiro atoms. The third-order valence-electron chi connectivity index (χ3n) is 1.94. The minimum atomic E-state index is -2.78. The summed E-state index contributed by atoms with van der Waals surface area (Å²) in [6.45, 7) is 3.35. The molecule has 14 heavy (non-hydrogen) atoms. The van der Waals surface area contributed by atoms with Gasteiger partial charge in [0.15, 0.2) is 0 Å². The normalized spacial score (nSPS) is 27.5. The van der Waals surface area contributed by atoms with Crippen molar-refractivity contribution < 1.29 is 13.9 Å². The van der Waals surface area contributed by atoms with Crippen molar-refractivity contribution in [3.05, 3.63) is 0 Å². The van der Waals surface area contributed by atoms with Gasteiger partial charge in [0.2, 0.25) is 0 Å². The van der Waals surface area contributed by atoms with E-state index in [2.05, 4.69) is 10.2 Å². The van der Waals surface area contributed by atoms with Crippen LogP contribution in [0.2, 0.25) is 0 Å². The van der Waals surface area contributed by atoms with Crippen LogP contribution in [0, 0.1) is 0 Å². The smallest absolute Gasteiger partial charge is 0.306 e. The lowest BCUT2D eigenvalue weighted by Gasteiger charge is -2.24. The van der Waals surface area contributed by atoms with Crippen molar-refractivity contribution in [3.8, 4) is 0 Å². The average Bonchev–Trinajstić information content (AvgIpc) is 2.14. The van der Waals surface area contributed by atoms with Crippen LogP contribution in [0.4, 0.5) is 0 Å². The molecule has 1 heterocycles.